The number of nitro groups is 1. The third-order valence-corrected chi connectivity index (χ3v) is 2.80. The van der Waals surface area contributed by atoms with E-state index >= 15 is 0 Å². The number of nitrogens with zero attached hydrogens (tertiary/aromatic N) is 3. The highest BCUT2D eigenvalue weighted by Gasteiger charge is 2.24. The summed E-state index contributed by atoms with van der Waals surface area (Å²) in [6, 6.07) is 0.0872. The SMILES string of the molecule is CCCc1nc(Cl)c([N+](=O)[O-])c(NC(C)CC)n1. The summed E-state index contributed by atoms with van der Waals surface area (Å²) in [7, 11) is 0. The maximum atomic E-state index is 11.0. The Morgan fingerprint density at radius 2 is 2.11 bits per heavy atom. The molecule has 0 aromatic carbocycles. The number of aryl methyl sites for hydroxylation is 1. The third-order valence-electron chi connectivity index (χ3n) is 2.54. The number of anilines is 1. The Labute approximate surface area is 111 Å². The van der Waals surface area contributed by atoms with E-state index in [9.17, 15) is 10.1 Å². The van der Waals surface area contributed by atoms with E-state index in [1.807, 2.05) is 20.8 Å². The lowest BCUT2D eigenvalue weighted by Gasteiger charge is -2.13. The first kappa shape index (κ1) is 14.6. The van der Waals surface area contributed by atoms with Crippen LogP contribution >= 0.6 is 11.6 Å². The molecule has 1 unspecified atom stereocenters. The van der Waals surface area contributed by atoms with Gasteiger partial charge in [-0.1, -0.05) is 25.4 Å². The van der Waals surface area contributed by atoms with Crippen LogP contribution in [0.2, 0.25) is 5.15 Å². The first-order valence-corrected chi connectivity index (χ1v) is 6.34. The highest BCUT2D eigenvalue weighted by Crippen LogP contribution is 2.30. The number of nitrogens with one attached hydrogen (secondary N) is 1. The Hall–Kier alpha value is -1.43. The summed E-state index contributed by atoms with van der Waals surface area (Å²) in [6.45, 7) is 5.90. The molecule has 0 bridgehead atoms. The van der Waals surface area contributed by atoms with Crippen molar-refractivity contribution in [3.63, 3.8) is 0 Å². The summed E-state index contributed by atoms with van der Waals surface area (Å²) >= 11 is 5.86. The van der Waals surface area contributed by atoms with Gasteiger partial charge in [-0.15, -0.1) is 0 Å². The van der Waals surface area contributed by atoms with Gasteiger partial charge in [-0.3, -0.25) is 10.1 Å². The fourth-order valence-electron chi connectivity index (χ4n) is 1.40. The van der Waals surface area contributed by atoms with Crippen molar-refractivity contribution < 1.29 is 4.92 Å². The van der Waals surface area contributed by atoms with Gasteiger partial charge in [-0.2, -0.15) is 0 Å². The van der Waals surface area contributed by atoms with Gasteiger partial charge in [-0.25, -0.2) is 9.97 Å². The molecular weight excluding hydrogens is 256 g/mol. The summed E-state index contributed by atoms with van der Waals surface area (Å²) < 4.78 is 0. The van der Waals surface area contributed by atoms with Crippen molar-refractivity contribution in [1.29, 1.82) is 0 Å². The van der Waals surface area contributed by atoms with Crippen molar-refractivity contribution in [2.45, 2.75) is 46.1 Å². The number of hydrogen-bond donors (Lipinski definition) is 1. The molecule has 1 aromatic rings. The maximum Gasteiger partial charge on any atom is 0.348 e. The van der Waals surface area contributed by atoms with Crippen molar-refractivity contribution in [1.82, 2.24) is 9.97 Å². The zero-order valence-corrected chi connectivity index (χ0v) is 11.5. The van der Waals surface area contributed by atoms with Crippen LogP contribution < -0.4 is 5.32 Å². The molecule has 0 aliphatic heterocycles. The fourth-order valence-corrected chi connectivity index (χ4v) is 1.66. The van der Waals surface area contributed by atoms with Crippen molar-refractivity contribution in [3.05, 3.63) is 21.1 Å². The minimum Gasteiger partial charge on any atom is -0.362 e. The summed E-state index contributed by atoms with van der Waals surface area (Å²) in [4.78, 5) is 18.6. The quantitative estimate of drug-likeness (QED) is 0.488. The summed E-state index contributed by atoms with van der Waals surface area (Å²) in [5.41, 5.74) is -0.253. The Kier molecular flexibility index (Phi) is 5.27. The molecule has 0 aliphatic carbocycles. The van der Waals surface area contributed by atoms with Gasteiger partial charge in [0.05, 0.1) is 4.92 Å². The predicted molar refractivity (Wildman–Crippen MR) is 71.1 cm³/mol. The summed E-state index contributed by atoms with van der Waals surface area (Å²) in [5.74, 6) is 0.733. The fraction of sp³-hybridized carbons (Fsp3) is 0.636. The van der Waals surface area contributed by atoms with Crippen molar-refractivity contribution >= 4 is 23.1 Å². The zero-order valence-electron chi connectivity index (χ0n) is 10.7. The standard InChI is InChI=1S/C11H17ClN4O2/c1-4-6-8-14-10(12)9(16(17)18)11(15-8)13-7(3)5-2/h7H,4-6H2,1-3H3,(H,13,14,15). The summed E-state index contributed by atoms with van der Waals surface area (Å²) in [6.07, 6.45) is 2.34. The van der Waals surface area contributed by atoms with Crippen LogP contribution in [-0.4, -0.2) is 20.9 Å². The van der Waals surface area contributed by atoms with Crippen LogP contribution in [0.25, 0.3) is 0 Å². The molecule has 1 aromatic heterocycles. The van der Waals surface area contributed by atoms with E-state index in [1.165, 1.54) is 0 Å². The van der Waals surface area contributed by atoms with Crippen LogP contribution in [0, 0.1) is 10.1 Å². The molecule has 0 saturated heterocycles. The lowest BCUT2D eigenvalue weighted by molar-refractivity contribution is -0.384. The van der Waals surface area contributed by atoms with E-state index in [1.54, 1.807) is 0 Å². The molecule has 0 radical (unpaired) electrons. The van der Waals surface area contributed by atoms with Gasteiger partial charge < -0.3 is 5.32 Å². The second kappa shape index (κ2) is 6.49. The predicted octanol–water partition coefficient (Wildman–Crippen LogP) is 3.20. The average Bonchev–Trinajstić information content (AvgIpc) is 2.28. The molecule has 0 saturated carbocycles. The van der Waals surface area contributed by atoms with Crippen molar-refractivity contribution in [3.8, 4) is 0 Å². The van der Waals surface area contributed by atoms with E-state index in [2.05, 4.69) is 15.3 Å². The highest BCUT2D eigenvalue weighted by molar-refractivity contribution is 6.31. The van der Waals surface area contributed by atoms with Gasteiger partial charge in [0.2, 0.25) is 11.0 Å². The minimum absolute atomic E-state index is 0.0872. The molecule has 7 heteroatoms. The molecule has 6 nitrogen and oxygen atoms in total. The van der Waals surface area contributed by atoms with E-state index in [-0.39, 0.29) is 22.7 Å². The molecule has 0 aliphatic rings. The van der Waals surface area contributed by atoms with E-state index in [0.29, 0.717) is 12.2 Å². The smallest absolute Gasteiger partial charge is 0.348 e. The van der Waals surface area contributed by atoms with Crippen molar-refractivity contribution in [2.75, 3.05) is 5.32 Å². The van der Waals surface area contributed by atoms with Crippen LogP contribution in [0.4, 0.5) is 11.5 Å². The number of rotatable bonds is 6. The molecule has 0 spiro atoms. The van der Waals surface area contributed by atoms with Crippen LogP contribution in [0.5, 0.6) is 0 Å². The van der Waals surface area contributed by atoms with Crippen molar-refractivity contribution in [2.24, 2.45) is 0 Å². The Morgan fingerprint density at radius 1 is 1.44 bits per heavy atom. The second-order valence-corrected chi connectivity index (χ2v) is 4.45. The molecule has 18 heavy (non-hydrogen) atoms. The molecule has 0 amide bonds. The van der Waals surface area contributed by atoms with Gasteiger partial charge in [0.25, 0.3) is 0 Å². The number of halogens is 1. The molecule has 1 N–H and O–H groups in total. The molecule has 1 rings (SSSR count). The van der Waals surface area contributed by atoms with Gasteiger partial charge in [0.15, 0.2) is 0 Å². The molecule has 1 atom stereocenters. The van der Waals surface area contributed by atoms with Crippen LogP contribution in [-0.2, 0) is 6.42 Å². The minimum atomic E-state index is -0.553. The first-order chi connectivity index (χ1) is 8.49. The molecule has 0 fully saturated rings. The van der Waals surface area contributed by atoms with E-state index < -0.39 is 4.92 Å². The van der Waals surface area contributed by atoms with Gasteiger partial charge >= 0.3 is 5.69 Å². The number of hydrogen-bond acceptors (Lipinski definition) is 5. The van der Waals surface area contributed by atoms with Gasteiger partial charge in [0.1, 0.15) is 5.82 Å². The average molecular weight is 273 g/mol. The van der Waals surface area contributed by atoms with Crippen LogP contribution in [0.3, 0.4) is 0 Å². The molecule has 100 valence electrons. The first-order valence-electron chi connectivity index (χ1n) is 5.96. The molecule has 1 heterocycles. The Morgan fingerprint density at radius 3 is 2.61 bits per heavy atom. The van der Waals surface area contributed by atoms with E-state index in [4.69, 9.17) is 11.6 Å². The largest absolute Gasteiger partial charge is 0.362 e. The third kappa shape index (κ3) is 3.53. The number of aromatic nitrogens is 2. The topological polar surface area (TPSA) is 81.0 Å². The van der Waals surface area contributed by atoms with Gasteiger partial charge in [0, 0.05) is 12.5 Å². The monoisotopic (exact) mass is 272 g/mol. The Bertz CT molecular complexity index is 439. The molecular formula is C11H17ClN4O2. The summed E-state index contributed by atoms with van der Waals surface area (Å²) in [5, 5.41) is 13.9. The Balaban J connectivity index is 3.19. The van der Waals surface area contributed by atoms with Gasteiger partial charge in [-0.05, 0) is 19.8 Å². The lowest BCUT2D eigenvalue weighted by atomic mass is 10.2. The maximum absolute atomic E-state index is 11.0. The normalized spacial score (nSPS) is 12.2. The zero-order chi connectivity index (χ0) is 13.7. The van der Waals surface area contributed by atoms with Crippen LogP contribution in [0.1, 0.15) is 39.4 Å². The highest BCUT2D eigenvalue weighted by atomic mass is 35.5. The lowest BCUT2D eigenvalue weighted by Crippen LogP contribution is -2.17. The van der Waals surface area contributed by atoms with Crippen LogP contribution in [0.15, 0.2) is 0 Å². The van der Waals surface area contributed by atoms with E-state index in [0.717, 1.165) is 12.8 Å². The second-order valence-electron chi connectivity index (χ2n) is 4.09.